The van der Waals surface area contributed by atoms with Crippen LogP contribution in [0.5, 0.6) is 5.06 Å². The summed E-state index contributed by atoms with van der Waals surface area (Å²) in [6, 6.07) is 17.2. The van der Waals surface area contributed by atoms with E-state index in [-0.39, 0.29) is 23.4 Å². The topological polar surface area (TPSA) is 76.6 Å². The maximum absolute atomic E-state index is 13.5. The van der Waals surface area contributed by atoms with Crippen molar-refractivity contribution in [1.82, 2.24) is 9.88 Å². The van der Waals surface area contributed by atoms with E-state index in [1.54, 1.807) is 35.2 Å². The van der Waals surface area contributed by atoms with E-state index >= 15 is 0 Å². The lowest BCUT2D eigenvalue weighted by Crippen LogP contribution is -2.37. The minimum atomic E-state index is -5.82. The molecule has 1 heterocycles. The molecule has 0 aliphatic carbocycles. The smallest absolute Gasteiger partial charge is 0.363 e. The standard InChI is InChI=1S/C22H21F3N2O4S2/c1-15(2)19(20-26-13-18(32-20)31-33(29,30)22(23,24)25)27(14-16-9-5-3-6-10-16)21(28)17-11-7-4-8-12-17/h3-13,15,19H,14H2,1-2H3. The van der Waals surface area contributed by atoms with Crippen LogP contribution in [0.1, 0.15) is 40.8 Å². The summed E-state index contributed by atoms with van der Waals surface area (Å²) >= 11 is 0.657. The van der Waals surface area contributed by atoms with Crippen LogP contribution in [-0.2, 0) is 16.7 Å². The average molecular weight is 499 g/mol. The summed E-state index contributed by atoms with van der Waals surface area (Å²) in [6.07, 6.45) is 0.923. The highest BCUT2D eigenvalue weighted by Crippen LogP contribution is 2.38. The molecule has 1 aromatic heterocycles. The largest absolute Gasteiger partial charge is 0.534 e. The predicted molar refractivity (Wildman–Crippen MR) is 118 cm³/mol. The van der Waals surface area contributed by atoms with E-state index in [4.69, 9.17) is 0 Å². The summed E-state index contributed by atoms with van der Waals surface area (Å²) in [5.74, 6) is -0.488. The van der Waals surface area contributed by atoms with Crippen molar-refractivity contribution >= 4 is 27.4 Å². The van der Waals surface area contributed by atoms with E-state index in [2.05, 4.69) is 9.17 Å². The van der Waals surface area contributed by atoms with Crippen molar-refractivity contribution in [2.24, 2.45) is 5.92 Å². The molecule has 0 spiro atoms. The van der Waals surface area contributed by atoms with Gasteiger partial charge in [0.15, 0.2) is 0 Å². The number of hydrogen-bond donors (Lipinski definition) is 0. The third kappa shape index (κ3) is 5.91. The average Bonchev–Trinajstić information content (AvgIpc) is 3.20. The molecule has 3 rings (SSSR count). The number of alkyl halides is 3. The Hall–Kier alpha value is -2.92. The molecule has 0 aliphatic heterocycles. The minimum absolute atomic E-state index is 0.195. The van der Waals surface area contributed by atoms with Gasteiger partial charge in [0.1, 0.15) is 5.01 Å². The molecular formula is C22H21F3N2O4S2. The molecule has 3 aromatic rings. The van der Waals surface area contributed by atoms with E-state index in [0.717, 1.165) is 11.8 Å². The molecule has 0 N–H and O–H groups in total. The monoisotopic (exact) mass is 498 g/mol. The van der Waals surface area contributed by atoms with Crippen LogP contribution < -0.4 is 4.18 Å². The first-order valence-electron chi connectivity index (χ1n) is 9.86. The maximum atomic E-state index is 13.5. The van der Waals surface area contributed by atoms with Gasteiger partial charge in [0.05, 0.1) is 12.2 Å². The van der Waals surface area contributed by atoms with Gasteiger partial charge in [-0.05, 0) is 23.6 Å². The lowest BCUT2D eigenvalue weighted by molar-refractivity contribution is -0.0499. The number of carbonyl (C=O) groups is 1. The molecule has 33 heavy (non-hydrogen) atoms. The quantitative estimate of drug-likeness (QED) is 0.307. The lowest BCUT2D eigenvalue weighted by atomic mass is 10.0. The number of nitrogens with zero attached hydrogens (tertiary/aromatic N) is 2. The normalized spacial score (nSPS) is 13.0. The van der Waals surface area contributed by atoms with Crippen molar-refractivity contribution < 1.29 is 30.6 Å². The molecule has 0 radical (unpaired) electrons. The Morgan fingerprint density at radius 3 is 2.18 bits per heavy atom. The molecule has 2 aromatic carbocycles. The maximum Gasteiger partial charge on any atom is 0.534 e. The molecule has 176 valence electrons. The summed E-state index contributed by atoms with van der Waals surface area (Å²) < 4.78 is 65.0. The molecule has 0 saturated carbocycles. The SMILES string of the molecule is CC(C)C(c1ncc(OS(=O)(=O)C(F)(F)F)s1)N(Cc1ccccc1)C(=O)c1ccccc1. The summed E-state index contributed by atoms with van der Waals surface area (Å²) in [5, 5.41) is -0.266. The van der Waals surface area contributed by atoms with Crippen LogP contribution in [0.4, 0.5) is 13.2 Å². The zero-order chi connectivity index (χ0) is 24.2. The van der Waals surface area contributed by atoms with Crippen LogP contribution in [0.25, 0.3) is 0 Å². The van der Waals surface area contributed by atoms with Crippen molar-refractivity contribution in [2.75, 3.05) is 0 Å². The Morgan fingerprint density at radius 1 is 1.06 bits per heavy atom. The van der Waals surface area contributed by atoms with E-state index in [1.165, 1.54) is 0 Å². The van der Waals surface area contributed by atoms with E-state index < -0.39 is 26.7 Å². The fraction of sp³-hybridized carbons (Fsp3) is 0.273. The number of benzene rings is 2. The highest BCUT2D eigenvalue weighted by atomic mass is 32.2. The fourth-order valence-corrected chi connectivity index (χ4v) is 4.90. The van der Waals surface area contributed by atoms with Gasteiger partial charge in [-0.25, -0.2) is 4.98 Å². The highest BCUT2D eigenvalue weighted by Gasteiger charge is 2.49. The van der Waals surface area contributed by atoms with Gasteiger partial charge in [-0.3, -0.25) is 4.79 Å². The molecule has 0 fully saturated rings. The Morgan fingerprint density at radius 2 is 1.64 bits per heavy atom. The van der Waals surface area contributed by atoms with Crippen LogP contribution in [0.15, 0.2) is 66.9 Å². The van der Waals surface area contributed by atoms with E-state index in [1.807, 2.05) is 44.2 Å². The van der Waals surface area contributed by atoms with Crippen molar-refractivity contribution in [3.05, 3.63) is 83.0 Å². The van der Waals surface area contributed by atoms with Crippen molar-refractivity contribution in [3.63, 3.8) is 0 Å². The highest BCUT2D eigenvalue weighted by molar-refractivity contribution is 7.88. The van der Waals surface area contributed by atoms with Gasteiger partial charge in [0.25, 0.3) is 5.91 Å². The van der Waals surface area contributed by atoms with Gasteiger partial charge < -0.3 is 9.08 Å². The van der Waals surface area contributed by atoms with Crippen LogP contribution in [-0.4, -0.2) is 29.7 Å². The number of hydrogen-bond acceptors (Lipinski definition) is 6. The van der Waals surface area contributed by atoms with Crippen LogP contribution >= 0.6 is 11.3 Å². The number of thiazole rings is 1. The summed E-state index contributed by atoms with van der Waals surface area (Å²) in [5.41, 5.74) is -4.27. The van der Waals surface area contributed by atoms with Crippen molar-refractivity contribution in [3.8, 4) is 5.06 Å². The zero-order valence-electron chi connectivity index (χ0n) is 17.7. The lowest BCUT2D eigenvalue weighted by Gasteiger charge is -2.33. The summed E-state index contributed by atoms with van der Waals surface area (Å²) in [4.78, 5) is 19.2. The van der Waals surface area contributed by atoms with Gasteiger partial charge in [0.2, 0.25) is 5.06 Å². The number of rotatable bonds is 8. The van der Waals surface area contributed by atoms with Gasteiger partial charge in [-0.2, -0.15) is 21.6 Å². The van der Waals surface area contributed by atoms with E-state index in [0.29, 0.717) is 16.9 Å². The summed E-state index contributed by atoms with van der Waals surface area (Å²) in [6.45, 7) is 3.90. The fourth-order valence-electron chi connectivity index (χ4n) is 3.20. The van der Waals surface area contributed by atoms with Crippen LogP contribution in [0.2, 0.25) is 0 Å². The molecule has 11 heteroatoms. The number of amides is 1. The Bertz CT molecular complexity index is 1180. The number of carbonyl (C=O) groups excluding carboxylic acids is 1. The first-order valence-corrected chi connectivity index (χ1v) is 12.1. The second kappa shape index (κ2) is 9.92. The van der Waals surface area contributed by atoms with Crippen LogP contribution in [0, 0.1) is 5.92 Å². The molecule has 0 aliphatic rings. The molecule has 1 unspecified atom stereocenters. The molecule has 0 saturated heterocycles. The third-order valence-electron chi connectivity index (χ3n) is 4.68. The Balaban J connectivity index is 1.99. The van der Waals surface area contributed by atoms with Crippen LogP contribution in [0.3, 0.4) is 0 Å². The van der Waals surface area contributed by atoms with Gasteiger partial charge in [0, 0.05) is 12.1 Å². The molecule has 1 amide bonds. The number of aromatic nitrogens is 1. The third-order valence-corrected chi connectivity index (χ3v) is 6.69. The van der Waals surface area contributed by atoms with Gasteiger partial charge in [-0.15, -0.1) is 0 Å². The Labute approximate surface area is 193 Å². The second-order valence-corrected chi connectivity index (χ2v) is 10.0. The molecule has 6 nitrogen and oxygen atoms in total. The molecular weight excluding hydrogens is 477 g/mol. The second-order valence-electron chi connectivity index (χ2n) is 7.47. The van der Waals surface area contributed by atoms with Gasteiger partial charge >= 0.3 is 15.6 Å². The zero-order valence-corrected chi connectivity index (χ0v) is 19.3. The predicted octanol–water partition coefficient (Wildman–Crippen LogP) is 5.41. The van der Waals surface area contributed by atoms with Crippen molar-refractivity contribution in [2.45, 2.75) is 31.9 Å². The molecule has 1 atom stereocenters. The van der Waals surface area contributed by atoms with E-state index in [9.17, 15) is 26.4 Å². The van der Waals surface area contributed by atoms with Gasteiger partial charge in [-0.1, -0.05) is 73.7 Å². The first kappa shape index (κ1) is 24.7. The summed E-state index contributed by atoms with van der Waals surface area (Å²) in [7, 11) is -5.82. The number of halogens is 3. The molecule has 0 bridgehead atoms. The minimum Gasteiger partial charge on any atom is -0.363 e. The Kier molecular flexibility index (Phi) is 7.43. The first-order chi connectivity index (χ1) is 15.5. The van der Waals surface area contributed by atoms with Crippen molar-refractivity contribution in [1.29, 1.82) is 0 Å².